The summed E-state index contributed by atoms with van der Waals surface area (Å²) in [5.41, 5.74) is 3.47. The summed E-state index contributed by atoms with van der Waals surface area (Å²) in [4.78, 5) is 0. The van der Waals surface area contributed by atoms with E-state index < -0.39 is 0 Å². The van der Waals surface area contributed by atoms with Crippen LogP contribution in [0.5, 0.6) is 5.75 Å². The Balaban J connectivity index is 1.93. The van der Waals surface area contributed by atoms with E-state index in [-0.39, 0.29) is 0 Å². The molecule has 0 aliphatic heterocycles. The highest BCUT2D eigenvalue weighted by molar-refractivity contribution is 5.44. The quantitative estimate of drug-likeness (QED) is 0.477. The molecule has 0 N–H and O–H groups in total. The van der Waals surface area contributed by atoms with Crippen molar-refractivity contribution in [2.24, 2.45) is 0 Å². The summed E-state index contributed by atoms with van der Waals surface area (Å²) in [5.74, 6) is 7.36. The number of hydrogen-bond acceptors (Lipinski definition) is 1. The van der Waals surface area contributed by atoms with Gasteiger partial charge in [-0.25, -0.2) is 0 Å². The number of ether oxygens (including phenoxy) is 1. The van der Waals surface area contributed by atoms with Crippen molar-refractivity contribution >= 4 is 0 Å². The number of benzene rings is 2. The van der Waals surface area contributed by atoms with Gasteiger partial charge in [-0.2, -0.15) is 0 Å². The predicted molar refractivity (Wildman–Crippen MR) is 97.9 cm³/mol. The van der Waals surface area contributed by atoms with E-state index in [0.717, 1.165) is 42.7 Å². The van der Waals surface area contributed by atoms with Gasteiger partial charge < -0.3 is 4.74 Å². The SMILES string of the molecule is CCCCOc1ccc(C#Cc2ccc(CCCC)cc2)cc1. The van der Waals surface area contributed by atoms with Crippen molar-refractivity contribution in [3.05, 3.63) is 65.2 Å². The zero-order chi connectivity index (χ0) is 16.3. The molecule has 0 unspecified atom stereocenters. The molecule has 0 radical (unpaired) electrons. The Morgan fingerprint density at radius 2 is 1.30 bits per heavy atom. The van der Waals surface area contributed by atoms with Crippen LogP contribution in [-0.2, 0) is 6.42 Å². The molecule has 2 aromatic carbocycles. The van der Waals surface area contributed by atoms with Gasteiger partial charge in [0.05, 0.1) is 6.61 Å². The van der Waals surface area contributed by atoms with E-state index in [1.165, 1.54) is 18.4 Å². The fourth-order valence-electron chi connectivity index (χ4n) is 2.25. The average Bonchev–Trinajstić information content (AvgIpc) is 2.60. The van der Waals surface area contributed by atoms with Crippen LogP contribution in [0.1, 0.15) is 56.2 Å². The Bertz CT molecular complexity index is 626. The molecule has 23 heavy (non-hydrogen) atoms. The van der Waals surface area contributed by atoms with Crippen molar-refractivity contribution < 1.29 is 4.74 Å². The van der Waals surface area contributed by atoms with Crippen molar-refractivity contribution in [3.63, 3.8) is 0 Å². The maximum Gasteiger partial charge on any atom is 0.119 e. The molecule has 0 aliphatic rings. The molecule has 0 heterocycles. The monoisotopic (exact) mass is 306 g/mol. The van der Waals surface area contributed by atoms with Crippen molar-refractivity contribution in [2.75, 3.05) is 6.61 Å². The maximum atomic E-state index is 5.66. The first-order chi connectivity index (χ1) is 11.3. The van der Waals surface area contributed by atoms with Gasteiger partial charge in [-0.05, 0) is 61.2 Å². The van der Waals surface area contributed by atoms with Gasteiger partial charge in [0, 0.05) is 11.1 Å². The summed E-state index contributed by atoms with van der Waals surface area (Å²) in [6.45, 7) is 5.17. The second kappa shape index (κ2) is 9.74. The molecular weight excluding hydrogens is 280 g/mol. The zero-order valence-corrected chi connectivity index (χ0v) is 14.3. The summed E-state index contributed by atoms with van der Waals surface area (Å²) in [5, 5.41) is 0. The lowest BCUT2D eigenvalue weighted by Gasteiger charge is -2.04. The van der Waals surface area contributed by atoms with Crippen LogP contribution in [0.4, 0.5) is 0 Å². The number of hydrogen-bond donors (Lipinski definition) is 0. The molecular formula is C22H26O. The molecule has 0 atom stereocenters. The van der Waals surface area contributed by atoms with E-state index >= 15 is 0 Å². The molecule has 0 aromatic heterocycles. The van der Waals surface area contributed by atoms with Crippen LogP contribution in [0, 0.1) is 11.8 Å². The smallest absolute Gasteiger partial charge is 0.119 e. The third kappa shape index (κ3) is 6.20. The highest BCUT2D eigenvalue weighted by atomic mass is 16.5. The summed E-state index contributed by atoms with van der Waals surface area (Å²) in [6, 6.07) is 16.6. The Labute approximate surface area is 140 Å². The molecule has 0 spiro atoms. The van der Waals surface area contributed by atoms with E-state index in [9.17, 15) is 0 Å². The van der Waals surface area contributed by atoms with Gasteiger partial charge in [-0.3, -0.25) is 0 Å². The molecule has 2 aromatic rings. The molecule has 1 nitrogen and oxygen atoms in total. The molecule has 2 rings (SSSR count). The van der Waals surface area contributed by atoms with Crippen LogP contribution < -0.4 is 4.74 Å². The van der Waals surface area contributed by atoms with Crippen molar-refractivity contribution in [2.45, 2.75) is 46.0 Å². The first-order valence-corrected chi connectivity index (χ1v) is 8.65. The number of unbranched alkanes of at least 4 members (excludes halogenated alkanes) is 2. The number of aryl methyl sites for hydroxylation is 1. The molecule has 1 heteroatoms. The number of rotatable bonds is 7. The Morgan fingerprint density at radius 1 is 0.739 bits per heavy atom. The van der Waals surface area contributed by atoms with E-state index in [0.29, 0.717) is 0 Å². The molecule has 0 aliphatic carbocycles. The summed E-state index contributed by atoms with van der Waals surface area (Å²) < 4.78 is 5.66. The van der Waals surface area contributed by atoms with Crippen molar-refractivity contribution in [1.82, 2.24) is 0 Å². The third-order valence-electron chi connectivity index (χ3n) is 3.75. The lowest BCUT2D eigenvalue weighted by Crippen LogP contribution is -1.95. The minimum Gasteiger partial charge on any atom is -0.494 e. The van der Waals surface area contributed by atoms with E-state index in [4.69, 9.17) is 4.74 Å². The van der Waals surface area contributed by atoms with Crippen molar-refractivity contribution in [3.8, 4) is 17.6 Å². The normalized spacial score (nSPS) is 10.0. The minimum atomic E-state index is 0.784. The maximum absolute atomic E-state index is 5.66. The summed E-state index contributed by atoms with van der Waals surface area (Å²) >= 11 is 0. The molecule has 120 valence electrons. The van der Waals surface area contributed by atoms with Crippen LogP contribution in [0.25, 0.3) is 0 Å². The van der Waals surface area contributed by atoms with Crippen LogP contribution in [0.2, 0.25) is 0 Å². The van der Waals surface area contributed by atoms with Crippen LogP contribution in [-0.4, -0.2) is 6.61 Å². The summed E-state index contributed by atoms with van der Waals surface area (Å²) in [7, 11) is 0. The van der Waals surface area contributed by atoms with Crippen LogP contribution >= 0.6 is 0 Å². The highest BCUT2D eigenvalue weighted by Crippen LogP contribution is 2.12. The Hall–Kier alpha value is -2.20. The van der Waals surface area contributed by atoms with Crippen LogP contribution in [0.15, 0.2) is 48.5 Å². The standard InChI is InChI=1S/C22H26O/c1-3-5-7-19-8-10-20(11-9-19)12-13-21-14-16-22(17-15-21)23-18-6-4-2/h8-11,14-17H,3-7,18H2,1-2H3. The predicted octanol–water partition coefficient (Wildman–Crippen LogP) is 5.61. The molecule has 0 fully saturated rings. The van der Waals surface area contributed by atoms with Gasteiger partial charge in [0.15, 0.2) is 0 Å². The van der Waals surface area contributed by atoms with E-state index in [1.54, 1.807) is 0 Å². The Morgan fingerprint density at radius 3 is 1.87 bits per heavy atom. The Kier molecular flexibility index (Phi) is 7.27. The van der Waals surface area contributed by atoms with Gasteiger partial charge in [0.25, 0.3) is 0 Å². The van der Waals surface area contributed by atoms with Gasteiger partial charge in [-0.1, -0.05) is 50.7 Å². The van der Waals surface area contributed by atoms with Gasteiger partial charge in [-0.15, -0.1) is 0 Å². The van der Waals surface area contributed by atoms with Crippen molar-refractivity contribution in [1.29, 1.82) is 0 Å². The molecule has 0 amide bonds. The van der Waals surface area contributed by atoms with Gasteiger partial charge >= 0.3 is 0 Å². The van der Waals surface area contributed by atoms with Gasteiger partial charge in [0.2, 0.25) is 0 Å². The summed E-state index contributed by atoms with van der Waals surface area (Å²) in [6.07, 6.45) is 5.89. The van der Waals surface area contributed by atoms with E-state index in [1.807, 2.05) is 24.3 Å². The van der Waals surface area contributed by atoms with E-state index in [2.05, 4.69) is 50.0 Å². The third-order valence-corrected chi connectivity index (χ3v) is 3.75. The molecule has 0 bridgehead atoms. The first kappa shape index (κ1) is 17.2. The second-order valence-corrected chi connectivity index (χ2v) is 5.78. The first-order valence-electron chi connectivity index (χ1n) is 8.65. The van der Waals surface area contributed by atoms with Gasteiger partial charge in [0.1, 0.15) is 5.75 Å². The topological polar surface area (TPSA) is 9.23 Å². The second-order valence-electron chi connectivity index (χ2n) is 5.78. The largest absolute Gasteiger partial charge is 0.494 e. The van der Waals surface area contributed by atoms with Crippen LogP contribution in [0.3, 0.4) is 0 Å². The molecule has 0 saturated carbocycles. The fraction of sp³-hybridized carbons (Fsp3) is 0.364. The molecule has 0 saturated heterocycles. The lowest BCUT2D eigenvalue weighted by molar-refractivity contribution is 0.309. The zero-order valence-electron chi connectivity index (χ0n) is 14.3. The fourth-order valence-corrected chi connectivity index (χ4v) is 2.25. The highest BCUT2D eigenvalue weighted by Gasteiger charge is 1.94. The average molecular weight is 306 g/mol. The minimum absolute atomic E-state index is 0.784. The lowest BCUT2D eigenvalue weighted by atomic mass is 10.1.